The van der Waals surface area contributed by atoms with Crippen LogP contribution < -0.4 is 5.32 Å². The van der Waals surface area contributed by atoms with Crippen LogP contribution >= 0.6 is 0 Å². The number of amidine groups is 1. The molecule has 0 saturated carbocycles. The first-order chi connectivity index (χ1) is 17.8. The van der Waals surface area contributed by atoms with Crippen molar-refractivity contribution in [1.29, 1.82) is 0 Å². The standard InChI is InChI=1S/C32H47N3O4/c1-30(2,3)26-17-14-22(15-18-26)23-12-13-25(21-35(10)11)24(20-23)16-19-27(33-28(36)38-31(4,5)6)34-29(37)39-32(7,8)9/h12-15,17-18,20H,16,19,21H2,1-11H3,(H,33,34,36,37). The Kier molecular flexibility index (Phi) is 10.5. The van der Waals surface area contributed by atoms with Crippen LogP contribution in [-0.2, 0) is 27.9 Å². The number of ether oxygens (including phenoxy) is 2. The number of nitrogens with zero attached hydrogens (tertiary/aromatic N) is 2. The molecule has 0 radical (unpaired) electrons. The van der Waals surface area contributed by atoms with E-state index in [1.165, 1.54) is 11.1 Å². The molecule has 2 rings (SSSR count). The number of benzene rings is 2. The molecule has 0 unspecified atom stereocenters. The van der Waals surface area contributed by atoms with E-state index in [-0.39, 0.29) is 11.3 Å². The van der Waals surface area contributed by atoms with Crippen molar-refractivity contribution in [2.75, 3.05) is 14.1 Å². The van der Waals surface area contributed by atoms with Gasteiger partial charge in [0.05, 0.1) is 0 Å². The van der Waals surface area contributed by atoms with E-state index in [2.05, 4.69) is 78.4 Å². The highest BCUT2D eigenvalue weighted by molar-refractivity contribution is 6.00. The van der Waals surface area contributed by atoms with Gasteiger partial charge in [-0.1, -0.05) is 63.2 Å². The third-order valence-electron chi connectivity index (χ3n) is 5.67. The Morgan fingerprint density at radius 3 is 1.87 bits per heavy atom. The number of nitrogens with one attached hydrogen (secondary N) is 1. The lowest BCUT2D eigenvalue weighted by Gasteiger charge is -2.21. The Hall–Kier alpha value is -3.19. The minimum absolute atomic E-state index is 0.0876. The summed E-state index contributed by atoms with van der Waals surface area (Å²) in [5.41, 5.74) is 4.52. The average molecular weight is 538 g/mol. The summed E-state index contributed by atoms with van der Waals surface area (Å²) < 4.78 is 10.8. The lowest BCUT2D eigenvalue weighted by molar-refractivity contribution is 0.0561. The summed E-state index contributed by atoms with van der Waals surface area (Å²) in [6.07, 6.45) is -0.527. The molecule has 0 spiro atoms. The molecule has 2 amide bonds. The molecule has 0 atom stereocenters. The van der Waals surface area contributed by atoms with E-state index < -0.39 is 23.4 Å². The fourth-order valence-corrected chi connectivity index (χ4v) is 3.91. The number of aliphatic imine (C=N–C) groups is 1. The van der Waals surface area contributed by atoms with Crippen LogP contribution in [0.25, 0.3) is 11.1 Å². The molecular formula is C32H47N3O4. The predicted molar refractivity (Wildman–Crippen MR) is 159 cm³/mol. The van der Waals surface area contributed by atoms with E-state index >= 15 is 0 Å². The summed E-state index contributed by atoms with van der Waals surface area (Å²) in [4.78, 5) is 31.2. The Balaban J connectivity index is 2.38. The third kappa shape index (κ3) is 11.6. The summed E-state index contributed by atoms with van der Waals surface area (Å²) in [6.45, 7) is 18.0. The fourth-order valence-electron chi connectivity index (χ4n) is 3.91. The Bertz CT molecular complexity index is 1160. The molecular weight excluding hydrogens is 490 g/mol. The molecule has 214 valence electrons. The van der Waals surface area contributed by atoms with Crippen molar-refractivity contribution in [3.63, 3.8) is 0 Å². The van der Waals surface area contributed by atoms with E-state index in [0.717, 1.165) is 23.2 Å². The highest BCUT2D eigenvalue weighted by Crippen LogP contribution is 2.28. The van der Waals surface area contributed by atoms with E-state index in [9.17, 15) is 9.59 Å². The van der Waals surface area contributed by atoms with Crippen molar-refractivity contribution in [2.24, 2.45) is 4.99 Å². The Morgan fingerprint density at radius 2 is 1.36 bits per heavy atom. The first-order valence-corrected chi connectivity index (χ1v) is 13.5. The van der Waals surface area contributed by atoms with Gasteiger partial charge >= 0.3 is 12.2 Å². The maximum absolute atomic E-state index is 12.5. The number of hydrogen-bond donors (Lipinski definition) is 1. The SMILES string of the molecule is CN(C)Cc1ccc(-c2ccc(C(C)(C)C)cc2)cc1CCC(=NC(=O)OC(C)(C)C)NC(=O)OC(C)(C)C. The first kappa shape index (κ1) is 32.0. The van der Waals surface area contributed by atoms with Crippen molar-refractivity contribution < 1.29 is 19.1 Å². The van der Waals surface area contributed by atoms with Gasteiger partial charge in [0.2, 0.25) is 0 Å². The van der Waals surface area contributed by atoms with Crippen molar-refractivity contribution >= 4 is 18.0 Å². The molecule has 0 fully saturated rings. The van der Waals surface area contributed by atoms with Crippen LogP contribution in [0.3, 0.4) is 0 Å². The van der Waals surface area contributed by atoms with E-state index in [4.69, 9.17) is 9.47 Å². The summed E-state index contributed by atoms with van der Waals surface area (Å²) in [5.74, 6) is 0.203. The zero-order valence-electron chi connectivity index (χ0n) is 25.7. The van der Waals surface area contributed by atoms with Crippen LogP contribution in [0.5, 0.6) is 0 Å². The monoisotopic (exact) mass is 537 g/mol. The van der Waals surface area contributed by atoms with Crippen molar-refractivity contribution in [1.82, 2.24) is 10.2 Å². The second kappa shape index (κ2) is 12.8. The second-order valence-corrected chi connectivity index (χ2v) is 13.2. The average Bonchev–Trinajstić information content (AvgIpc) is 2.74. The zero-order valence-corrected chi connectivity index (χ0v) is 25.7. The summed E-state index contributed by atoms with van der Waals surface area (Å²) >= 11 is 0. The smallest absolute Gasteiger partial charge is 0.435 e. The van der Waals surface area contributed by atoms with Gasteiger partial charge in [-0.25, -0.2) is 9.59 Å². The largest absolute Gasteiger partial charge is 0.444 e. The number of carbonyl (C=O) groups excluding carboxylic acids is 2. The number of aryl methyl sites for hydroxylation is 1. The van der Waals surface area contributed by atoms with Crippen molar-refractivity contribution in [3.8, 4) is 11.1 Å². The van der Waals surface area contributed by atoms with Crippen molar-refractivity contribution in [3.05, 3.63) is 59.2 Å². The third-order valence-corrected chi connectivity index (χ3v) is 5.67. The minimum atomic E-state index is -0.755. The van der Waals surface area contributed by atoms with Gasteiger partial charge in [-0.15, -0.1) is 0 Å². The maximum atomic E-state index is 12.5. The maximum Gasteiger partial charge on any atom is 0.435 e. The summed E-state index contributed by atoms with van der Waals surface area (Å²) in [7, 11) is 4.06. The van der Waals surface area contributed by atoms with Crippen LogP contribution in [0, 0.1) is 0 Å². The van der Waals surface area contributed by atoms with Gasteiger partial charge < -0.3 is 14.4 Å². The van der Waals surface area contributed by atoms with E-state index in [1.54, 1.807) is 41.5 Å². The van der Waals surface area contributed by atoms with Gasteiger partial charge in [0.15, 0.2) is 0 Å². The number of carbonyl (C=O) groups is 2. The quantitative estimate of drug-likeness (QED) is 0.305. The lowest BCUT2D eigenvalue weighted by Crippen LogP contribution is -2.37. The molecule has 7 nitrogen and oxygen atoms in total. The first-order valence-electron chi connectivity index (χ1n) is 13.5. The normalized spacial score (nSPS) is 12.9. The van der Waals surface area contributed by atoms with Gasteiger partial charge in [0.25, 0.3) is 0 Å². The Labute approximate surface area is 235 Å². The number of amides is 2. The van der Waals surface area contributed by atoms with Crippen LogP contribution in [0.15, 0.2) is 47.5 Å². The van der Waals surface area contributed by atoms with Crippen LogP contribution in [-0.4, -0.2) is 48.2 Å². The summed E-state index contributed by atoms with van der Waals surface area (Å²) in [6, 6.07) is 15.1. The van der Waals surface area contributed by atoms with Gasteiger partial charge in [0.1, 0.15) is 17.0 Å². The molecule has 2 aromatic rings. The van der Waals surface area contributed by atoms with Crippen LogP contribution in [0.2, 0.25) is 0 Å². The van der Waals surface area contributed by atoms with Gasteiger partial charge in [-0.2, -0.15) is 4.99 Å². The molecule has 0 aliphatic rings. The highest BCUT2D eigenvalue weighted by atomic mass is 16.6. The summed E-state index contributed by atoms with van der Waals surface area (Å²) in [5, 5.41) is 2.66. The molecule has 0 aliphatic heterocycles. The topological polar surface area (TPSA) is 80.2 Å². The minimum Gasteiger partial charge on any atom is -0.444 e. The van der Waals surface area contributed by atoms with Gasteiger partial charge in [-0.05, 0) is 95.3 Å². The fraction of sp³-hybridized carbons (Fsp3) is 0.531. The predicted octanol–water partition coefficient (Wildman–Crippen LogP) is 7.50. The number of hydrogen-bond acceptors (Lipinski definition) is 5. The molecule has 0 bridgehead atoms. The number of rotatable bonds is 6. The van der Waals surface area contributed by atoms with E-state index in [0.29, 0.717) is 12.8 Å². The number of alkyl carbamates (subject to hydrolysis) is 1. The second-order valence-electron chi connectivity index (χ2n) is 13.2. The van der Waals surface area contributed by atoms with Gasteiger partial charge in [0, 0.05) is 13.0 Å². The molecule has 0 aliphatic carbocycles. The van der Waals surface area contributed by atoms with E-state index in [1.807, 2.05) is 14.1 Å². The molecule has 2 aromatic carbocycles. The molecule has 7 heteroatoms. The van der Waals surface area contributed by atoms with Crippen molar-refractivity contribution in [2.45, 2.75) is 98.3 Å². The molecule has 1 N–H and O–H groups in total. The lowest BCUT2D eigenvalue weighted by atomic mass is 9.86. The van der Waals surface area contributed by atoms with Gasteiger partial charge in [-0.3, -0.25) is 5.32 Å². The Morgan fingerprint density at radius 1 is 0.795 bits per heavy atom. The highest BCUT2D eigenvalue weighted by Gasteiger charge is 2.21. The van der Waals surface area contributed by atoms with Crippen LogP contribution in [0.4, 0.5) is 9.59 Å². The molecule has 0 saturated heterocycles. The molecule has 0 heterocycles. The van der Waals surface area contributed by atoms with Crippen LogP contribution in [0.1, 0.15) is 85.4 Å². The zero-order chi connectivity index (χ0) is 29.6. The molecule has 39 heavy (non-hydrogen) atoms. The molecule has 0 aromatic heterocycles.